The molecule has 0 aliphatic heterocycles. The van der Waals surface area contributed by atoms with Gasteiger partial charge in [-0.05, 0) is 40.0 Å². The number of rotatable bonds is 3. The molecule has 1 rings (SSSR count). The van der Waals surface area contributed by atoms with Crippen LogP contribution in [0, 0.1) is 11.6 Å². The van der Waals surface area contributed by atoms with E-state index in [1.807, 2.05) is 0 Å². The van der Waals surface area contributed by atoms with Crippen LogP contribution in [-0.4, -0.2) is 11.1 Å². The van der Waals surface area contributed by atoms with Gasteiger partial charge in [-0.25, -0.2) is 8.78 Å². The first kappa shape index (κ1) is 11.1. The van der Waals surface area contributed by atoms with Crippen molar-refractivity contribution < 1.29 is 18.7 Å². The molecule has 14 heavy (non-hydrogen) atoms. The number of aliphatic carboxylic acids is 1. The molecule has 1 aromatic carbocycles. The maximum atomic E-state index is 12.8. The Labute approximate surface area is 87.7 Å². The fourth-order valence-corrected chi connectivity index (χ4v) is 1.49. The molecule has 0 unspecified atom stereocenters. The topological polar surface area (TPSA) is 37.3 Å². The van der Waals surface area contributed by atoms with E-state index in [1.54, 1.807) is 0 Å². The molecule has 0 atom stereocenters. The van der Waals surface area contributed by atoms with Crippen LogP contribution < -0.4 is 0 Å². The molecule has 0 radical (unpaired) electrons. The van der Waals surface area contributed by atoms with Gasteiger partial charge in [-0.1, -0.05) is 0 Å². The van der Waals surface area contributed by atoms with Gasteiger partial charge in [0.25, 0.3) is 0 Å². The van der Waals surface area contributed by atoms with E-state index in [4.69, 9.17) is 5.11 Å². The van der Waals surface area contributed by atoms with Crippen LogP contribution in [-0.2, 0) is 11.2 Å². The average Bonchev–Trinajstić information content (AvgIpc) is 2.10. The molecular weight excluding hydrogens is 258 g/mol. The number of carboxylic acids is 1. The lowest BCUT2D eigenvalue weighted by molar-refractivity contribution is -0.136. The normalized spacial score (nSPS) is 10.2. The summed E-state index contributed by atoms with van der Waals surface area (Å²) in [5.74, 6) is -2.89. The summed E-state index contributed by atoms with van der Waals surface area (Å²) in [5.41, 5.74) is 0.457. The summed E-state index contributed by atoms with van der Waals surface area (Å²) in [6.45, 7) is 0. The van der Waals surface area contributed by atoms with Crippen LogP contribution in [0.3, 0.4) is 0 Å². The van der Waals surface area contributed by atoms with E-state index >= 15 is 0 Å². The van der Waals surface area contributed by atoms with Crippen LogP contribution in [0.15, 0.2) is 16.6 Å². The van der Waals surface area contributed by atoms with E-state index in [-0.39, 0.29) is 17.3 Å². The fourth-order valence-electron chi connectivity index (χ4n) is 1.00. The highest BCUT2D eigenvalue weighted by atomic mass is 79.9. The Morgan fingerprint density at radius 3 is 2.57 bits per heavy atom. The predicted molar refractivity (Wildman–Crippen MR) is 50.0 cm³/mol. The van der Waals surface area contributed by atoms with Crippen LogP contribution in [0.1, 0.15) is 12.0 Å². The lowest BCUT2D eigenvalue weighted by Gasteiger charge is -2.02. The SMILES string of the molecule is O=C(O)CCc1cc(F)c(F)c(Br)c1. The summed E-state index contributed by atoms with van der Waals surface area (Å²) < 4.78 is 25.6. The summed E-state index contributed by atoms with van der Waals surface area (Å²) in [6, 6.07) is 2.38. The molecule has 0 fully saturated rings. The van der Waals surface area contributed by atoms with Gasteiger partial charge < -0.3 is 5.11 Å². The minimum atomic E-state index is -0.972. The minimum absolute atomic E-state index is 0.0119. The quantitative estimate of drug-likeness (QED) is 0.853. The van der Waals surface area contributed by atoms with E-state index < -0.39 is 17.6 Å². The first-order valence-electron chi connectivity index (χ1n) is 3.86. The second kappa shape index (κ2) is 4.50. The maximum absolute atomic E-state index is 12.8. The molecule has 5 heteroatoms. The number of hydrogen-bond donors (Lipinski definition) is 1. The summed E-state index contributed by atoms with van der Waals surface area (Å²) >= 11 is 2.84. The number of carboxylic acid groups (broad SMARTS) is 1. The smallest absolute Gasteiger partial charge is 0.303 e. The average molecular weight is 265 g/mol. The number of aryl methyl sites for hydroxylation is 1. The van der Waals surface area contributed by atoms with Crippen LogP contribution in [0.25, 0.3) is 0 Å². The Morgan fingerprint density at radius 2 is 2.07 bits per heavy atom. The molecule has 0 amide bonds. The largest absolute Gasteiger partial charge is 0.481 e. The van der Waals surface area contributed by atoms with Crippen LogP contribution >= 0.6 is 15.9 Å². The van der Waals surface area contributed by atoms with Crippen molar-refractivity contribution in [3.05, 3.63) is 33.8 Å². The van der Waals surface area contributed by atoms with Gasteiger partial charge in [0.15, 0.2) is 11.6 Å². The lowest BCUT2D eigenvalue weighted by atomic mass is 10.1. The third-order valence-electron chi connectivity index (χ3n) is 1.67. The fraction of sp³-hybridized carbons (Fsp3) is 0.222. The summed E-state index contributed by atoms with van der Waals surface area (Å²) in [6.07, 6.45) is 0.0860. The van der Waals surface area contributed by atoms with E-state index in [9.17, 15) is 13.6 Å². The number of carbonyl (C=O) groups is 1. The Hall–Kier alpha value is -0.970. The molecule has 1 N–H and O–H groups in total. The third kappa shape index (κ3) is 2.77. The zero-order valence-corrected chi connectivity index (χ0v) is 8.64. The second-order valence-electron chi connectivity index (χ2n) is 2.77. The number of halogens is 3. The standard InChI is InChI=1S/C9H7BrF2O2/c10-6-3-5(1-2-8(13)14)4-7(11)9(6)12/h3-4H,1-2H2,(H,13,14). The molecule has 0 bridgehead atoms. The molecule has 0 heterocycles. The minimum Gasteiger partial charge on any atom is -0.481 e. The molecule has 2 nitrogen and oxygen atoms in total. The van der Waals surface area contributed by atoms with E-state index in [2.05, 4.69) is 15.9 Å². The highest BCUT2D eigenvalue weighted by molar-refractivity contribution is 9.10. The maximum Gasteiger partial charge on any atom is 0.303 e. The van der Waals surface area contributed by atoms with Crippen molar-refractivity contribution in [1.29, 1.82) is 0 Å². The predicted octanol–water partition coefficient (Wildman–Crippen LogP) is 2.74. The Kier molecular flexibility index (Phi) is 3.57. The monoisotopic (exact) mass is 264 g/mol. The van der Waals surface area contributed by atoms with Crippen molar-refractivity contribution in [2.24, 2.45) is 0 Å². The first-order valence-corrected chi connectivity index (χ1v) is 4.65. The molecule has 0 aliphatic rings. The van der Waals surface area contributed by atoms with E-state index in [0.29, 0.717) is 5.56 Å². The first-order chi connectivity index (χ1) is 6.50. The summed E-state index contributed by atoms with van der Waals surface area (Å²) in [5, 5.41) is 8.39. The zero-order chi connectivity index (χ0) is 10.7. The highest BCUT2D eigenvalue weighted by Crippen LogP contribution is 2.21. The summed E-state index contributed by atoms with van der Waals surface area (Å²) in [4.78, 5) is 10.2. The van der Waals surface area contributed by atoms with Crippen molar-refractivity contribution in [2.45, 2.75) is 12.8 Å². The van der Waals surface area contributed by atoms with Gasteiger partial charge in [0, 0.05) is 6.42 Å². The highest BCUT2D eigenvalue weighted by Gasteiger charge is 2.09. The van der Waals surface area contributed by atoms with Crippen LogP contribution in [0.4, 0.5) is 8.78 Å². The van der Waals surface area contributed by atoms with Gasteiger partial charge in [-0.2, -0.15) is 0 Å². The zero-order valence-electron chi connectivity index (χ0n) is 7.06. The molecular formula is C9H7BrF2O2. The number of benzene rings is 1. The van der Waals surface area contributed by atoms with Crippen LogP contribution in [0.2, 0.25) is 0 Å². The Bertz CT molecular complexity index is 343. The van der Waals surface area contributed by atoms with Crippen molar-refractivity contribution in [3.63, 3.8) is 0 Å². The lowest BCUT2D eigenvalue weighted by Crippen LogP contribution is -1.99. The Balaban J connectivity index is 2.84. The van der Waals surface area contributed by atoms with Crippen LogP contribution in [0.5, 0.6) is 0 Å². The molecule has 0 aliphatic carbocycles. The molecule has 0 spiro atoms. The third-order valence-corrected chi connectivity index (χ3v) is 2.25. The molecule has 0 aromatic heterocycles. The van der Waals surface area contributed by atoms with Gasteiger partial charge in [-0.15, -0.1) is 0 Å². The van der Waals surface area contributed by atoms with Gasteiger partial charge in [0.05, 0.1) is 4.47 Å². The van der Waals surface area contributed by atoms with E-state index in [1.165, 1.54) is 6.07 Å². The molecule has 0 saturated carbocycles. The molecule has 76 valence electrons. The van der Waals surface area contributed by atoms with Gasteiger partial charge in [-0.3, -0.25) is 4.79 Å². The van der Waals surface area contributed by atoms with Gasteiger partial charge in [0.1, 0.15) is 0 Å². The molecule has 0 saturated heterocycles. The van der Waals surface area contributed by atoms with E-state index in [0.717, 1.165) is 6.07 Å². The number of hydrogen-bond acceptors (Lipinski definition) is 1. The Morgan fingerprint density at radius 1 is 1.43 bits per heavy atom. The van der Waals surface area contributed by atoms with Crippen molar-refractivity contribution in [3.8, 4) is 0 Å². The molecule has 1 aromatic rings. The van der Waals surface area contributed by atoms with Gasteiger partial charge >= 0.3 is 5.97 Å². The second-order valence-corrected chi connectivity index (χ2v) is 3.62. The van der Waals surface area contributed by atoms with Crippen molar-refractivity contribution in [2.75, 3.05) is 0 Å². The van der Waals surface area contributed by atoms with Crippen molar-refractivity contribution >= 4 is 21.9 Å². The van der Waals surface area contributed by atoms with Crippen molar-refractivity contribution in [1.82, 2.24) is 0 Å². The summed E-state index contributed by atoms with van der Waals surface area (Å²) in [7, 11) is 0. The van der Waals surface area contributed by atoms with Gasteiger partial charge in [0.2, 0.25) is 0 Å².